The van der Waals surface area contributed by atoms with Crippen molar-refractivity contribution in [1.29, 1.82) is 0 Å². The maximum atomic E-state index is 13.4. The average Bonchev–Trinajstić information content (AvgIpc) is 3.37. The summed E-state index contributed by atoms with van der Waals surface area (Å²) in [6, 6.07) is 4.11. The normalized spacial score (nSPS) is 21.6. The third-order valence-corrected chi connectivity index (χ3v) is 7.82. The summed E-state index contributed by atoms with van der Waals surface area (Å²) in [5, 5.41) is 11.3. The molecule has 4 heterocycles. The Bertz CT molecular complexity index is 1220. The second-order valence-corrected chi connectivity index (χ2v) is 10.2. The first-order valence-electron chi connectivity index (χ1n) is 10.5. The molecule has 0 spiro atoms. The van der Waals surface area contributed by atoms with Crippen LogP contribution in [0.3, 0.4) is 0 Å². The number of rotatable bonds is 2. The van der Waals surface area contributed by atoms with Crippen LogP contribution in [0.5, 0.6) is 0 Å². The number of aliphatic carboxylic acids is 1. The fourth-order valence-electron chi connectivity index (χ4n) is 4.21. The number of alkyl halides is 3. The fraction of sp³-hybridized carbons (Fsp3) is 0.500. The van der Waals surface area contributed by atoms with Gasteiger partial charge in [0.05, 0.1) is 12.1 Å². The molecule has 1 fully saturated rings. The number of halogens is 3. The number of likely N-dealkylation sites (tertiary alicyclic amines) is 1. The number of carboxylic acids is 1. The number of aromatic nitrogens is 3. The van der Waals surface area contributed by atoms with Crippen LogP contribution < -0.4 is 4.90 Å². The molecule has 192 valence electrons. The molecule has 0 aliphatic carbocycles. The van der Waals surface area contributed by atoms with Crippen LogP contribution >= 0.6 is 0 Å². The Balaban J connectivity index is 0.000000429. The Hall–Kier alpha value is -3.20. The molecule has 11 nitrogen and oxygen atoms in total. The minimum absolute atomic E-state index is 0.190. The Morgan fingerprint density at radius 1 is 1.14 bits per heavy atom. The van der Waals surface area contributed by atoms with Crippen molar-refractivity contribution in [3.63, 3.8) is 0 Å². The zero-order valence-corrected chi connectivity index (χ0v) is 20.2. The molecule has 2 atom stereocenters. The third-order valence-electron chi connectivity index (χ3n) is 5.70. The first-order valence-corrected chi connectivity index (χ1v) is 11.9. The van der Waals surface area contributed by atoms with Crippen molar-refractivity contribution in [2.75, 3.05) is 25.0 Å². The van der Waals surface area contributed by atoms with Gasteiger partial charge in [-0.25, -0.2) is 18.2 Å². The number of fused-ring (bicyclic) bond motifs is 2. The van der Waals surface area contributed by atoms with E-state index in [0.29, 0.717) is 24.6 Å². The van der Waals surface area contributed by atoms with Crippen molar-refractivity contribution in [2.45, 2.75) is 43.0 Å². The number of carbonyl (C=O) groups excluding carboxylic acids is 1. The number of amides is 1. The Kier molecular flexibility index (Phi) is 7.13. The monoisotopic (exact) mass is 518 g/mol. The number of likely N-dealkylation sites (N-methyl/N-ethyl adjacent to an activating group) is 1. The van der Waals surface area contributed by atoms with E-state index in [9.17, 15) is 26.4 Å². The maximum Gasteiger partial charge on any atom is 0.490 e. The van der Waals surface area contributed by atoms with E-state index in [1.807, 2.05) is 25.8 Å². The van der Waals surface area contributed by atoms with Crippen LogP contribution in [0, 0.1) is 0 Å². The molecular weight excluding hydrogens is 493 g/mol. The molecule has 0 aromatic carbocycles. The highest BCUT2D eigenvalue weighted by Crippen LogP contribution is 2.37. The lowest BCUT2D eigenvalue weighted by molar-refractivity contribution is -0.192. The van der Waals surface area contributed by atoms with Crippen LogP contribution in [-0.4, -0.2) is 93.8 Å². The summed E-state index contributed by atoms with van der Waals surface area (Å²) in [6.07, 6.45) is -1.77. The van der Waals surface area contributed by atoms with Crippen LogP contribution in [0.2, 0.25) is 0 Å². The molecule has 2 unspecified atom stereocenters. The van der Waals surface area contributed by atoms with Crippen molar-refractivity contribution in [3.05, 3.63) is 36.3 Å². The van der Waals surface area contributed by atoms with Gasteiger partial charge in [0, 0.05) is 45.6 Å². The number of hydrogen-bond acceptors (Lipinski definition) is 7. The summed E-state index contributed by atoms with van der Waals surface area (Å²) >= 11 is 0. The Labute approximate surface area is 199 Å². The van der Waals surface area contributed by atoms with E-state index >= 15 is 0 Å². The summed E-state index contributed by atoms with van der Waals surface area (Å²) in [4.78, 5) is 30.0. The zero-order valence-electron chi connectivity index (χ0n) is 19.3. The highest BCUT2D eigenvalue weighted by atomic mass is 32.2. The van der Waals surface area contributed by atoms with Crippen LogP contribution in [0.1, 0.15) is 24.3 Å². The molecule has 2 aromatic rings. The smallest absolute Gasteiger partial charge is 0.475 e. The lowest BCUT2D eigenvalue weighted by atomic mass is 10.1. The second-order valence-electron chi connectivity index (χ2n) is 8.39. The van der Waals surface area contributed by atoms with E-state index in [-0.39, 0.29) is 28.9 Å². The molecular formula is C20H25F3N6O5S. The van der Waals surface area contributed by atoms with Crippen molar-refractivity contribution >= 4 is 27.7 Å². The zero-order chi connectivity index (χ0) is 26.3. The van der Waals surface area contributed by atoms with Crippen molar-refractivity contribution in [2.24, 2.45) is 7.05 Å². The van der Waals surface area contributed by atoms with Gasteiger partial charge in [-0.05, 0) is 32.0 Å². The van der Waals surface area contributed by atoms with Gasteiger partial charge >= 0.3 is 12.1 Å². The fourth-order valence-corrected chi connectivity index (χ4v) is 6.24. The highest BCUT2D eigenvalue weighted by molar-refractivity contribution is 7.89. The topological polar surface area (TPSA) is 129 Å². The van der Waals surface area contributed by atoms with Crippen molar-refractivity contribution in [3.8, 4) is 0 Å². The molecule has 1 amide bonds. The molecule has 35 heavy (non-hydrogen) atoms. The molecule has 4 rings (SSSR count). The first kappa shape index (κ1) is 26.4. The standard InChI is InChI=1S/C18H24N6O3S.C2HF3O2/c1-12(2)24-15-11-23(18(25)13-7-9-21(3)20-13)10-14(15)22(4)17-16(28(24,26)27)6-5-8-19-17;3-2(4,5)1(6)7/h5-9,12,14-15H,10-11H2,1-4H3;(H,6,7). The number of sulfonamides is 1. The number of aryl methyl sites for hydroxylation is 1. The molecule has 2 aliphatic heterocycles. The average molecular weight is 519 g/mol. The number of carbonyl (C=O) groups is 2. The van der Waals surface area contributed by atoms with E-state index in [1.165, 1.54) is 4.31 Å². The van der Waals surface area contributed by atoms with E-state index < -0.39 is 22.2 Å². The second kappa shape index (κ2) is 9.45. The minimum atomic E-state index is -5.08. The number of nitrogens with zero attached hydrogens (tertiary/aromatic N) is 6. The molecule has 15 heteroatoms. The summed E-state index contributed by atoms with van der Waals surface area (Å²) in [6.45, 7) is 4.44. The number of carboxylic acid groups (broad SMARTS) is 1. The van der Waals surface area contributed by atoms with Crippen LogP contribution in [-0.2, 0) is 21.9 Å². The molecule has 0 radical (unpaired) electrons. The lowest BCUT2D eigenvalue weighted by Gasteiger charge is -2.33. The number of hydrogen-bond donors (Lipinski definition) is 1. The van der Waals surface area contributed by atoms with Crippen LogP contribution in [0.4, 0.5) is 19.0 Å². The number of pyridine rings is 1. The van der Waals surface area contributed by atoms with E-state index in [0.717, 1.165) is 0 Å². The summed E-state index contributed by atoms with van der Waals surface area (Å²) in [5.41, 5.74) is 0.360. The summed E-state index contributed by atoms with van der Waals surface area (Å²) in [5.74, 6) is -2.52. The van der Waals surface area contributed by atoms with E-state index in [4.69, 9.17) is 9.90 Å². The molecule has 0 saturated carbocycles. The predicted molar refractivity (Wildman–Crippen MR) is 117 cm³/mol. The van der Waals surface area contributed by atoms with Crippen molar-refractivity contribution < 1.29 is 36.3 Å². The molecule has 1 N–H and O–H groups in total. The van der Waals surface area contributed by atoms with E-state index in [1.54, 1.807) is 47.2 Å². The molecule has 2 aliphatic rings. The molecule has 0 bridgehead atoms. The lowest BCUT2D eigenvalue weighted by Crippen LogP contribution is -2.52. The summed E-state index contributed by atoms with van der Waals surface area (Å²) < 4.78 is 61.7. The van der Waals surface area contributed by atoms with Crippen molar-refractivity contribution in [1.82, 2.24) is 24.0 Å². The van der Waals surface area contributed by atoms with Gasteiger partial charge in [0.2, 0.25) is 10.0 Å². The highest BCUT2D eigenvalue weighted by Gasteiger charge is 2.50. The van der Waals surface area contributed by atoms with Gasteiger partial charge in [0.25, 0.3) is 5.91 Å². The quantitative estimate of drug-likeness (QED) is 0.628. The first-order chi connectivity index (χ1) is 16.2. The van der Waals surface area contributed by atoms with Gasteiger partial charge in [0.15, 0.2) is 0 Å². The van der Waals surface area contributed by atoms with E-state index in [2.05, 4.69) is 10.1 Å². The van der Waals surface area contributed by atoms with Crippen LogP contribution in [0.15, 0.2) is 35.5 Å². The minimum Gasteiger partial charge on any atom is -0.475 e. The van der Waals surface area contributed by atoms with Gasteiger partial charge in [0.1, 0.15) is 16.4 Å². The SMILES string of the molecule is CC(C)N1C2CN(C(=O)c3ccn(C)n3)CC2N(C)c2ncccc2S1(=O)=O.O=C(O)C(F)(F)F. The molecule has 2 aromatic heterocycles. The number of anilines is 1. The predicted octanol–water partition coefficient (Wildman–Crippen LogP) is 1.19. The summed E-state index contributed by atoms with van der Waals surface area (Å²) in [7, 11) is -0.141. The van der Waals surface area contributed by atoms with Gasteiger partial charge in [-0.2, -0.15) is 22.6 Å². The third kappa shape index (κ3) is 5.10. The van der Waals surface area contributed by atoms with Gasteiger partial charge in [-0.3, -0.25) is 9.48 Å². The molecule has 1 saturated heterocycles. The van der Waals surface area contributed by atoms with Crippen LogP contribution in [0.25, 0.3) is 0 Å². The Morgan fingerprint density at radius 2 is 1.74 bits per heavy atom. The van der Waals surface area contributed by atoms with Gasteiger partial charge in [-0.15, -0.1) is 0 Å². The van der Waals surface area contributed by atoms with Gasteiger partial charge in [-0.1, -0.05) is 0 Å². The Morgan fingerprint density at radius 3 is 2.26 bits per heavy atom. The largest absolute Gasteiger partial charge is 0.490 e. The van der Waals surface area contributed by atoms with Gasteiger partial charge < -0.3 is 14.9 Å². The maximum absolute atomic E-state index is 13.4.